The van der Waals surface area contributed by atoms with Gasteiger partial charge in [-0.25, -0.2) is 0 Å². The summed E-state index contributed by atoms with van der Waals surface area (Å²) in [4.78, 5) is 1.30. The average Bonchev–Trinajstić information content (AvgIpc) is 2.79. The first-order valence-electron chi connectivity index (χ1n) is 5.81. The highest BCUT2D eigenvalue weighted by molar-refractivity contribution is 7.13. The zero-order chi connectivity index (χ0) is 12.3. The van der Waals surface area contributed by atoms with E-state index in [1.54, 1.807) is 11.3 Å². The molecule has 1 aromatic heterocycles. The lowest BCUT2D eigenvalue weighted by Gasteiger charge is -2.18. The Labute approximate surface area is 107 Å². The molecular weight excluding hydrogens is 228 g/mol. The van der Waals surface area contributed by atoms with Crippen molar-refractivity contribution in [2.24, 2.45) is 5.41 Å². The van der Waals surface area contributed by atoms with Gasteiger partial charge in [-0.15, -0.1) is 11.3 Å². The van der Waals surface area contributed by atoms with Crippen LogP contribution in [0.4, 0.5) is 0 Å². The number of rotatable bonds is 3. The van der Waals surface area contributed by atoms with Crippen molar-refractivity contribution in [3.05, 3.63) is 41.8 Å². The van der Waals surface area contributed by atoms with Gasteiger partial charge in [0.2, 0.25) is 0 Å². The zero-order valence-electron chi connectivity index (χ0n) is 10.6. The minimum atomic E-state index is 0.201. The highest BCUT2D eigenvalue weighted by Gasteiger charge is 2.10. The topological polar surface area (TPSA) is 9.23 Å². The summed E-state index contributed by atoms with van der Waals surface area (Å²) in [6, 6.07) is 12.5. The van der Waals surface area contributed by atoms with Gasteiger partial charge in [0.15, 0.2) is 0 Å². The molecule has 1 heterocycles. The Kier molecular flexibility index (Phi) is 3.53. The van der Waals surface area contributed by atoms with Crippen molar-refractivity contribution in [2.75, 3.05) is 6.61 Å². The van der Waals surface area contributed by atoms with E-state index in [1.165, 1.54) is 10.4 Å². The van der Waals surface area contributed by atoms with Crippen LogP contribution >= 0.6 is 11.3 Å². The number of thiophene rings is 1. The Balaban J connectivity index is 2.04. The van der Waals surface area contributed by atoms with Crippen LogP contribution in [0.5, 0.6) is 5.75 Å². The van der Waals surface area contributed by atoms with Crippen LogP contribution in [0.25, 0.3) is 10.4 Å². The number of hydrogen-bond donors (Lipinski definition) is 0. The molecular formula is C15H18OS. The Morgan fingerprint density at radius 2 is 1.76 bits per heavy atom. The molecule has 0 aliphatic rings. The van der Waals surface area contributed by atoms with Crippen molar-refractivity contribution >= 4 is 11.3 Å². The smallest absolute Gasteiger partial charge is 0.119 e. The minimum absolute atomic E-state index is 0.201. The lowest BCUT2D eigenvalue weighted by atomic mass is 9.99. The molecule has 0 amide bonds. The van der Waals surface area contributed by atoms with Gasteiger partial charge < -0.3 is 4.74 Å². The lowest BCUT2D eigenvalue weighted by Crippen LogP contribution is -2.16. The fraction of sp³-hybridized carbons (Fsp3) is 0.333. The second-order valence-corrected chi connectivity index (χ2v) is 6.30. The molecule has 2 heteroatoms. The summed E-state index contributed by atoms with van der Waals surface area (Å²) in [5.41, 5.74) is 1.45. The van der Waals surface area contributed by atoms with Gasteiger partial charge in [0.1, 0.15) is 5.75 Å². The van der Waals surface area contributed by atoms with Gasteiger partial charge in [0.05, 0.1) is 6.61 Å². The molecule has 0 saturated heterocycles. The van der Waals surface area contributed by atoms with Gasteiger partial charge in [-0.1, -0.05) is 26.8 Å². The standard InChI is InChI=1S/C15H18OS/c1-15(2,3)11-16-13-8-6-12(7-9-13)14-5-4-10-17-14/h4-10H,11H2,1-3H3. The summed E-state index contributed by atoms with van der Waals surface area (Å²) in [7, 11) is 0. The lowest BCUT2D eigenvalue weighted by molar-refractivity contribution is 0.198. The van der Waals surface area contributed by atoms with Gasteiger partial charge in [0, 0.05) is 4.88 Å². The van der Waals surface area contributed by atoms with Gasteiger partial charge in [-0.3, -0.25) is 0 Å². The second kappa shape index (κ2) is 4.92. The van der Waals surface area contributed by atoms with Crippen molar-refractivity contribution in [3.63, 3.8) is 0 Å². The van der Waals surface area contributed by atoms with Crippen molar-refractivity contribution in [2.45, 2.75) is 20.8 Å². The summed E-state index contributed by atoms with van der Waals surface area (Å²) in [6.07, 6.45) is 0. The van der Waals surface area contributed by atoms with E-state index in [4.69, 9.17) is 4.74 Å². The molecule has 0 unspecified atom stereocenters. The normalized spacial score (nSPS) is 11.5. The first-order chi connectivity index (χ1) is 8.04. The van der Waals surface area contributed by atoms with Crippen molar-refractivity contribution < 1.29 is 4.74 Å². The third-order valence-electron chi connectivity index (χ3n) is 2.33. The van der Waals surface area contributed by atoms with Gasteiger partial charge in [0.25, 0.3) is 0 Å². The molecule has 90 valence electrons. The summed E-state index contributed by atoms with van der Waals surface area (Å²) >= 11 is 1.76. The molecule has 17 heavy (non-hydrogen) atoms. The maximum Gasteiger partial charge on any atom is 0.119 e. The summed E-state index contributed by atoms with van der Waals surface area (Å²) in [6.45, 7) is 7.26. The van der Waals surface area contributed by atoms with Crippen LogP contribution in [0, 0.1) is 5.41 Å². The van der Waals surface area contributed by atoms with E-state index in [9.17, 15) is 0 Å². The molecule has 2 rings (SSSR count). The molecule has 0 radical (unpaired) electrons. The third-order valence-corrected chi connectivity index (χ3v) is 3.25. The predicted octanol–water partition coefficient (Wildman–Crippen LogP) is 4.84. The maximum absolute atomic E-state index is 5.75. The van der Waals surface area contributed by atoms with Crippen LogP contribution in [-0.2, 0) is 0 Å². The molecule has 0 bridgehead atoms. The second-order valence-electron chi connectivity index (χ2n) is 5.35. The predicted molar refractivity (Wildman–Crippen MR) is 74.7 cm³/mol. The van der Waals surface area contributed by atoms with Crippen molar-refractivity contribution in [1.82, 2.24) is 0 Å². The Hall–Kier alpha value is -1.28. The van der Waals surface area contributed by atoms with Gasteiger partial charge in [-0.05, 0) is 46.7 Å². The number of hydrogen-bond acceptors (Lipinski definition) is 2. The fourth-order valence-corrected chi connectivity index (χ4v) is 2.19. The van der Waals surface area contributed by atoms with Crippen LogP contribution < -0.4 is 4.74 Å². The fourth-order valence-electron chi connectivity index (χ4n) is 1.46. The quantitative estimate of drug-likeness (QED) is 0.753. The average molecular weight is 246 g/mol. The van der Waals surface area contributed by atoms with Crippen LogP contribution in [0.3, 0.4) is 0 Å². The number of benzene rings is 1. The molecule has 0 N–H and O–H groups in total. The van der Waals surface area contributed by atoms with Crippen molar-refractivity contribution in [1.29, 1.82) is 0 Å². The molecule has 0 aliphatic heterocycles. The molecule has 0 aliphatic carbocycles. The van der Waals surface area contributed by atoms with E-state index in [-0.39, 0.29) is 5.41 Å². The van der Waals surface area contributed by atoms with E-state index >= 15 is 0 Å². The molecule has 0 fully saturated rings. The molecule has 0 spiro atoms. The van der Waals surface area contributed by atoms with Gasteiger partial charge in [-0.2, -0.15) is 0 Å². The van der Waals surface area contributed by atoms with Crippen LogP contribution in [0.1, 0.15) is 20.8 Å². The molecule has 2 aromatic rings. The molecule has 0 saturated carbocycles. The SMILES string of the molecule is CC(C)(C)COc1ccc(-c2cccs2)cc1. The first kappa shape index (κ1) is 12.2. The van der Waals surface area contributed by atoms with Gasteiger partial charge >= 0.3 is 0 Å². The Bertz CT molecular complexity index is 449. The number of ether oxygens (including phenoxy) is 1. The molecule has 0 atom stereocenters. The Morgan fingerprint density at radius 1 is 1.06 bits per heavy atom. The van der Waals surface area contributed by atoms with E-state index in [2.05, 4.69) is 50.4 Å². The summed E-state index contributed by atoms with van der Waals surface area (Å²) < 4.78 is 5.75. The van der Waals surface area contributed by atoms with E-state index in [0.29, 0.717) is 0 Å². The van der Waals surface area contributed by atoms with E-state index < -0.39 is 0 Å². The van der Waals surface area contributed by atoms with Crippen LogP contribution in [0.15, 0.2) is 41.8 Å². The van der Waals surface area contributed by atoms with E-state index in [1.807, 2.05) is 12.1 Å². The third kappa shape index (κ3) is 3.60. The van der Waals surface area contributed by atoms with Crippen molar-refractivity contribution in [3.8, 4) is 16.2 Å². The highest BCUT2D eigenvalue weighted by Crippen LogP contribution is 2.27. The summed E-state index contributed by atoms with van der Waals surface area (Å²) in [5, 5.41) is 2.10. The van der Waals surface area contributed by atoms with Crippen LogP contribution in [-0.4, -0.2) is 6.61 Å². The summed E-state index contributed by atoms with van der Waals surface area (Å²) in [5.74, 6) is 0.945. The zero-order valence-corrected chi connectivity index (χ0v) is 11.4. The largest absolute Gasteiger partial charge is 0.493 e. The highest BCUT2D eigenvalue weighted by atomic mass is 32.1. The molecule has 1 nitrogen and oxygen atoms in total. The minimum Gasteiger partial charge on any atom is -0.493 e. The monoisotopic (exact) mass is 246 g/mol. The van der Waals surface area contributed by atoms with E-state index in [0.717, 1.165) is 12.4 Å². The van der Waals surface area contributed by atoms with Crippen LogP contribution in [0.2, 0.25) is 0 Å². The first-order valence-corrected chi connectivity index (χ1v) is 6.69. The maximum atomic E-state index is 5.75. The molecule has 1 aromatic carbocycles. The Morgan fingerprint density at radius 3 is 2.29 bits per heavy atom.